The Labute approximate surface area is 111 Å². The molecular formula is C14H15N3S. The Morgan fingerprint density at radius 2 is 2.39 bits per heavy atom. The van der Waals surface area contributed by atoms with Crippen LogP contribution in [-0.2, 0) is 6.54 Å². The molecule has 92 valence electrons. The van der Waals surface area contributed by atoms with Crippen molar-refractivity contribution >= 4 is 11.3 Å². The number of nitriles is 1. The zero-order valence-corrected chi connectivity index (χ0v) is 11.3. The van der Waals surface area contributed by atoms with Gasteiger partial charge in [0.15, 0.2) is 0 Å². The van der Waals surface area contributed by atoms with Crippen LogP contribution in [-0.4, -0.2) is 16.9 Å². The Hall–Kier alpha value is -1.70. The zero-order chi connectivity index (χ0) is 13.0. The van der Waals surface area contributed by atoms with Gasteiger partial charge >= 0.3 is 0 Å². The lowest BCUT2D eigenvalue weighted by Gasteiger charge is -2.24. The van der Waals surface area contributed by atoms with Gasteiger partial charge in [-0.3, -0.25) is 9.88 Å². The van der Waals surface area contributed by atoms with Gasteiger partial charge in [-0.1, -0.05) is 6.07 Å². The van der Waals surface area contributed by atoms with Crippen molar-refractivity contribution in [3.63, 3.8) is 0 Å². The van der Waals surface area contributed by atoms with Crippen LogP contribution in [0, 0.1) is 11.3 Å². The van der Waals surface area contributed by atoms with Crippen molar-refractivity contribution in [1.29, 1.82) is 5.26 Å². The van der Waals surface area contributed by atoms with Crippen LogP contribution in [0.2, 0.25) is 0 Å². The minimum atomic E-state index is 0.311. The number of hydrogen-bond donors (Lipinski definition) is 0. The SMILES string of the molecule is CC(c1cccnc1)N(C)Cc1cc(C#N)cs1. The molecule has 0 aromatic carbocycles. The van der Waals surface area contributed by atoms with E-state index in [1.165, 1.54) is 10.4 Å². The Morgan fingerprint density at radius 1 is 1.56 bits per heavy atom. The molecule has 0 spiro atoms. The Bertz CT molecular complexity index is 542. The van der Waals surface area contributed by atoms with Gasteiger partial charge in [0.2, 0.25) is 0 Å². The van der Waals surface area contributed by atoms with Crippen molar-refractivity contribution in [2.24, 2.45) is 0 Å². The molecular weight excluding hydrogens is 242 g/mol. The predicted octanol–water partition coefficient (Wildman–Crippen LogP) is 3.21. The van der Waals surface area contributed by atoms with Crippen LogP contribution >= 0.6 is 11.3 Å². The van der Waals surface area contributed by atoms with Crippen molar-refractivity contribution in [2.75, 3.05) is 7.05 Å². The molecule has 0 bridgehead atoms. The van der Waals surface area contributed by atoms with Crippen LogP contribution < -0.4 is 0 Å². The van der Waals surface area contributed by atoms with E-state index < -0.39 is 0 Å². The number of pyridine rings is 1. The molecule has 1 atom stereocenters. The van der Waals surface area contributed by atoms with Gasteiger partial charge in [0.1, 0.15) is 6.07 Å². The second-order valence-corrected chi connectivity index (χ2v) is 5.29. The summed E-state index contributed by atoms with van der Waals surface area (Å²) in [5.41, 5.74) is 1.95. The molecule has 0 radical (unpaired) electrons. The van der Waals surface area contributed by atoms with E-state index in [0.29, 0.717) is 6.04 Å². The minimum Gasteiger partial charge on any atom is -0.295 e. The first-order chi connectivity index (χ1) is 8.70. The second-order valence-electron chi connectivity index (χ2n) is 4.29. The molecule has 0 saturated heterocycles. The first kappa shape index (κ1) is 12.7. The Balaban J connectivity index is 2.04. The standard InChI is InChI=1S/C14H15N3S/c1-11(13-4-3-5-16-8-13)17(2)9-14-6-12(7-15)10-18-14/h3-6,8,10-11H,9H2,1-2H3. The smallest absolute Gasteiger partial charge is 0.100 e. The topological polar surface area (TPSA) is 39.9 Å². The largest absolute Gasteiger partial charge is 0.295 e. The summed E-state index contributed by atoms with van der Waals surface area (Å²) in [6, 6.07) is 8.47. The third kappa shape index (κ3) is 2.95. The summed E-state index contributed by atoms with van der Waals surface area (Å²) >= 11 is 1.64. The van der Waals surface area contributed by atoms with Crippen LogP contribution in [0.5, 0.6) is 0 Å². The van der Waals surface area contributed by atoms with Crippen molar-refractivity contribution in [2.45, 2.75) is 19.5 Å². The molecule has 3 nitrogen and oxygen atoms in total. The van der Waals surface area contributed by atoms with E-state index in [1.807, 2.05) is 23.7 Å². The zero-order valence-electron chi connectivity index (χ0n) is 10.5. The van der Waals surface area contributed by atoms with Gasteiger partial charge in [-0.05, 0) is 31.7 Å². The fourth-order valence-electron chi connectivity index (χ4n) is 1.78. The molecule has 0 N–H and O–H groups in total. The summed E-state index contributed by atoms with van der Waals surface area (Å²) in [4.78, 5) is 7.61. The summed E-state index contributed by atoms with van der Waals surface area (Å²) in [5, 5.41) is 10.7. The van der Waals surface area contributed by atoms with Gasteiger partial charge in [-0.25, -0.2) is 0 Å². The molecule has 4 heteroatoms. The maximum absolute atomic E-state index is 8.81. The first-order valence-electron chi connectivity index (χ1n) is 5.78. The summed E-state index contributed by atoms with van der Waals surface area (Å²) in [5.74, 6) is 0. The van der Waals surface area contributed by atoms with Gasteiger partial charge in [0, 0.05) is 35.2 Å². The molecule has 18 heavy (non-hydrogen) atoms. The van der Waals surface area contributed by atoms with Crippen LogP contribution in [0.25, 0.3) is 0 Å². The van der Waals surface area contributed by atoms with Gasteiger partial charge in [-0.15, -0.1) is 11.3 Å². The lowest BCUT2D eigenvalue weighted by Crippen LogP contribution is -2.21. The molecule has 0 fully saturated rings. The number of thiophene rings is 1. The van der Waals surface area contributed by atoms with Crippen LogP contribution in [0.15, 0.2) is 36.0 Å². The van der Waals surface area contributed by atoms with E-state index in [9.17, 15) is 0 Å². The van der Waals surface area contributed by atoms with Crippen LogP contribution in [0.3, 0.4) is 0 Å². The lowest BCUT2D eigenvalue weighted by molar-refractivity contribution is 0.255. The predicted molar refractivity (Wildman–Crippen MR) is 73.2 cm³/mol. The number of aromatic nitrogens is 1. The Kier molecular flexibility index (Phi) is 4.08. The number of nitrogens with zero attached hydrogens (tertiary/aromatic N) is 3. The van der Waals surface area contributed by atoms with Gasteiger partial charge in [0.25, 0.3) is 0 Å². The third-order valence-electron chi connectivity index (χ3n) is 3.02. The van der Waals surface area contributed by atoms with Gasteiger partial charge < -0.3 is 0 Å². The van der Waals surface area contributed by atoms with Gasteiger partial charge in [-0.2, -0.15) is 5.26 Å². The third-order valence-corrected chi connectivity index (χ3v) is 3.94. The normalized spacial score (nSPS) is 12.3. The fraction of sp³-hybridized carbons (Fsp3) is 0.286. The number of rotatable bonds is 4. The molecule has 2 rings (SSSR count). The molecule has 1 unspecified atom stereocenters. The summed E-state index contributed by atoms with van der Waals surface area (Å²) in [6.07, 6.45) is 3.69. The minimum absolute atomic E-state index is 0.311. The monoisotopic (exact) mass is 257 g/mol. The summed E-state index contributed by atoms with van der Waals surface area (Å²) in [6.45, 7) is 3.01. The molecule has 2 aromatic rings. The highest BCUT2D eigenvalue weighted by atomic mass is 32.1. The fourth-order valence-corrected chi connectivity index (χ4v) is 2.65. The molecule has 2 heterocycles. The highest BCUT2D eigenvalue weighted by molar-refractivity contribution is 7.10. The van der Waals surface area contributed by atoms with Crippen molar-refractivity contribution in [1.82, 2.24) is 9.88 Å². The molecule has 0 aliphatic carbocycles. The average Bonchev–Trinajstić information content (AvgIpc) is 2.86. The van der Waals surface area contributed by atoms with Gasteiger partial charge in [0.05, 0.1) is 5.56 Å². The molecule has 0 amide bonds. The Morgan fingerprint density at radius 3 is 3.00 bits per heavy atom. The van der Waals surface area contributed by atoms with Crippen molar-refractivity contribution in [3.05, 3.63) is 52.0 Å². The molecule has 0 saturated carbocycles. The van der Waals surface area contributed by atoms with E-state index in [1.54, 1.807) is 17.5 Å². The van der Waals surface area contributed by atoms with E-state index in [-0.39, 0.29) is 0 Å². The van der Waals surface area contributed by atoms with E-state index in [4.69, 9.17) is 5.26 Å². The summed E-state index contributed by atoms with van der Waals surface area (Å²) < 4.78 is 0. The quantitative estimate of drug-likeness (QED) is 0.844. The van der Waals surface area contributed by atoms with Crippen molar-refractivity contribution in [3.8, 4) is 6.07 Å². The highest BCUT2D eigenvalue weighted by Gasteiger charge is 2.12. The molecule has 0 aliphatic heterocycles. The van der Waals surface area contributed by atoms with Crippen molar-refractivity contribution < 1.29 is 0 Å². The van der Waals surface area contributed by atoms with Crippen LogP contribution in [0.4, 0.5) is 0 Å². The molecule has 2 aromatic heterocycles. The van der Waals surface area contributed by atoms with E-state index in [0.717, 1.165) is 12.1 Å². The maximum Gasteiger partial charge on any atom is 0.100 e. The lowest BCUT2D eigenvalue weighted by atomic mass is 10.1. The van der Waals surface area contributed by atoms with E-state index >= 15 is 0 Å². The van der Waals surface area contributed by atoms with Crippen LogP contribution in [0.1, 0.15) is 29.0 Å². The average molecular weight is 257 g/mol. The molecule has 0 aliphatic rings. The second kappa shape index (κ2) is 5.76. The number of hydrogen-bond acceptors (Lipinski definition) is 4. The van der Waals surface area contributed by atoms with E-state index in [2.05, 4.69) is 36.0 Å². The summed E-state index contributed by atoms with van der Waals surface area (Å²) in [7, 11) is 2.09. The maximum atomic E-state index is 8.81. The first-order valence-corrected chi connectivity index (χ1v) is 6.66. The highest BCUT2D eigenvalue weighted by Crippen LogP contribution is 2.22.